The fourth-order valence-electron chi connectivity index (χ4n) is 2.57. The maximum atomic E-state index is 12.5. The van der Waals surface area contributed by atoms with Crippen LogP contribution in [-0.4, -0.2) is 28.9 Å². The maximum Gasteiger partial charge on any atom is 0.254 e. The molecule has 3 heteroatoms. The molecule has 3 rings (SSSR count). The molecule has 1 aliphatic heterocycles. The first-order valence-corrected chi connectivity index (χ1v) is 6.48. The lowest BCUT2D eigenvalue weighted by Crippen LogP contribution is -2.35. The summed E-state index contributed by atoms with van der Waals surface area (Å²) in [6.45, 7) is 1.77. The van der Waals surface area contributed by atoms with Gasteiger partial charge in [-0.25, -0.2) is 0 Å². The summed E-state index contributed by atoms with van der Waals surface area (Å²) in [5.74, 6) is 0.147. The van der Waals surface area contributed by atoms with E-state index in [0.29, 0.717) is 0 Å². The van der Waals surface area contributed by atoms with Crippen molar-refractivity contribution in [2.24, 2.45) is 0 Å². The summed E-state index contributed by atoms with van der Waals surface area (Å²) in [5, 5.41) is 2.03. The summed E-state index contributed by atoms with van der Waals surface area (Å²) in [6, 6.07) is 7.81. The highest BCUT2D eigenvalue weighted by molar-refractivity contribution is 6.06. The molecule has 0 atom stereocenters. The number of amides is 1. The van der Waals surface area contributed by atoms with Gasteiger partial charge in [0.05, 0.1) is 0 Å². The second kappa shape index (κ2) is 4.77. The van der Waals surface area contributed by atoms with Gasteiger partial charge in [0.1, 0.15) is 0 Å². The van der Waals surface area contributed by atoms with E-state index in [-0.39, 0.29) is 5.91 Å². The Hall–Kier alpha value is -1.90. The number of hydrogen-bond acceptors (Lipinski definition) is 2. The summed E-state index contributed by atoms with van der Waals surface area (Å²) in [5.41, 5.74) is 0.780. The highest BCUT2D eigenvalue weighted by atomic mass is 16.2. The number of benzene rings is 1. The molecule has 0 radical (unpaired) electrons. The van der Waals surface area contributed by atoms with Crippen molar-refractivity contribution in [3.63, 3.8) is 0 Å². The van der Waals surface area contributed by atoms with Crippen molar-refractivity contribution in [3.05, 3.63) is 42.2 Å². The molecule has 2 heterocycles. The van der Waals surface area contributed by atoms with E-state index in [1.807, 2.05) is 29.2 Å². The van der Waals surface area contributed by atoms with Gasteiger partial charge in [0, 0.05) is 36.4 Å². The van der Waals surface area contributed by atoms with Crippen LogP contribution in [0.1, 0.15) is 29.6 Å². The Morgan fingerprint density at radius 1 is 1.11 bits per heavy atom. The number of likely N-dealkylation sites (tertiary alicyclic amines) is 1. The van der Waals surface area contributed by atoms with Gasteiger partial charge in [-0.3, -0.25) is 9.78 Å². The van der Waals surface area contributed by atoms with Gasteiger partial charge in [-0.2, -0.15) is 0 Å². The zero-order valence-electron chi connectivity index (χ0n) is 10.3. The molecule has 1 aromatic carbocycles. The number of nitrogens with zero attached hydrogens (tertiary/aromatic N) is 2. The minimum atomic E-state index is 0.147. The Bertz CT molecular complexity index is 568. The van der Waals surface area contributed by atoms with Crippen molar-refractivity contribution in [1.82, 2.24) is 9.88 Å². The van der Waals surface area contributed by atoms with Gasteiger partial charge in [0.2, 0.25) is 0 Å². The standard InChI is InChI=1S/C15H16N2O/c18-15(17-9-2-1-3-10-17)13-6-4-5-12-7-8-16-11-14(12)13/h4-8,11H,1-3,9-10H2. The average molecular weight is 240 g/mol. The average Bonchev–Trinajstić information content (AvgIpc) is 2.47. The second-order valence-corrected chi connectivity index (χ2v) is 4.76. The normalized spacial score (nSPS) is 15.9. The maximum absolute atomic E-state index is 12.5. The van der Waals surface area contributed by atoms with Gasteiger partial charge in [0.15, 0.2) is 0 Å². The highest BCUT2D eigenvalue weighted by Gasteiger charge is 2.19. The molecule has 18 heavy (non-hydrogen) atoms. The van der Waals surface area contributed by atoms with E-state index < -0.39 is 0 Å². The minimum absolute atomic E-state index is 0.147. The Labute approximate surface area is 106 Å². The Kier molecular flexibility index (Phi) is 2.97. The van der Waals surface area contributed by atoms with E-state index in [2.05, 4.69) is 4.98 Å². The molecule has 92 valence electrons. The number of piperidine rings is 1. The van der Waals surface area contributed by atoms with Crippen molar-refractivity contribution in [2.75, 3.05) is 13.1 Å². The van der Waals surface area contributed by atoms with Crippen LogP contribution in [0.2, 0.25) is 0 Å². The number of fused-ring (bicyclic) bond motifs is 1. The van der Waals surface area contributed by atoms with Crippen LogP contribution in [0.5, 0.6) is 0 Å². The number of carbonyl (C=O) groups is 1. The minimum Gasteiger partial charge on any atom is -0.339 e. The number of carbonyl (C=O) groups excluding carboxylic acids is 1. The molecule has 0 unspecified atom stereocenters. The van der Waals surface area contributed by atoms with Gasteiger partial charge < -0.3 is 4.90 Å². The van der Waals surface area contributed by atoms with Gasteiger partial charge in [-0.15, -0.1) is 0 Å². The third-order valence-corrected chi connectivity index (χ3v) is 3.56. The molecule has 1 fully saturated rings. The van der Waals surface area contributed by atoms with Crippen LogP contribution in [0.15, 0.2) is 36.7 Å². The topological polar surface area (TPSA) is 33.2 Å². The first-order valence-electron chi connectivity index (χ1n) is 6.48. The molecule has 0 aliphatic carbocycles. The quantitative estimate of drug-likeness (QED) is 0.768. The fourth-order valence-corrected chi connectivity index (χ4v) is 2.57. The predicted molar refractivity (Wildman–Crippen MR) is 71.5 cm³/mol. The van der Waals surface area contributed by atoms with Crippen LogP contribution in [-0.2, 0) is 0 Å². The number of aromatic nitrogens is 1. The Morgan fingerprint density at radius 2 is 1.94 bits per heavy atom. The Balaban J connectivity index is 2.00. The van der Waals surface area contributed by atoms with Gasteiger partial charge in [0.25, 0.3) is 5.91 Å². The van der Waals surface area contributed by atoms with Crippen molar-refractivity contribution < 1.29 is 4.79 Å². The van der Waals surface area contributed by atoms with E-state index in [1.54, 1.807) is 12.4 Å². The number of hydrogen-bond donors (Lipinski definition) is 0. The molecule has 1 amide bonds. The van der Waals surface area contributed by atoms with Crippen molar-refractivity contribution in [3.8, 4) is 0 Å². The molecule has 0 saturated carbocycles. The van der Waals surface area contributed by atoms with E-state index in [0.717, 1.165) is 42.3 Å². The largest absolute Gasteiger partial charge is 0.339 e. The molecule has 2 aromatic rings. The lowest BCUT2D eigenvalue weighted by molar-refractivity contribution is 0.0726. The van der Waals surface area contributed by atoms with E-state index >= 15 is 0 Å². The van der Waals surface area contributed by atoms with Crippen molar-refractivity contribution in [1.29, 1.82) is 0 Å². The zero-order valence-corrected chi connectivity index (χ0v) is 10.3. The molecule has 0 bridgehead atoms. The zero-order chi connectivity index (χ0) is 12.4. The lowest BCUT2D eigenvalue weighted by atomic mass is 10.0. The van der Waals surface area contributed by atoms with Crippen LogP contribution < -0.4 is 0 Å². The molecule has 3 nitrogen and oxygen atoms in total. The lowest BCUT2D eigenvalue weighted by Gasteiger charge is -2.27. The van der Waals surface area contributed by atoms with Crippen LogP contribution in [0.25, 0.3) is 10.8 Å². The molecular weight excluding hydrogens is 224 g/mol. The van der Waals surface area contributed by atoms with E-state index in [9.17, 15) is 4.79 Å². The predicted octanol–water partition coefficient (Wildman–Crippen LogP) is 2.86. The van der Waals surface area contributed by atoms with Crippen LogP contribution >= 0.6 is 0 Å². The summed E-state index contributed by atoms with van der Waals surface area (Å²) in [4.78, 5) is 18.6. The summed E-state index contributed by atoms with van der Waals surface area (Å²) in [7, 11) is 0. The first-order chi connectivity index (χ1) is 8.86. The Morgan fingerprint density at radius 3 is 2.78 bits per heavy atom. The van der Waals surface area contributed by atoms with E-state index in [1.165, 1.54) is 6.42 Å². The monoisotopic (exact) mass is 240 g/mol. The molecule has 1 saturated heterocycles. The first kappa shape index (κ1) is 11.2. The van der Waals surface area contributed by atoms with Crippen molar-refractivity contribution >= 4 is 16.7 Å². The van der Waals surface area contributed by atoms with Crippen molar-refractivity contribution in [2.45, 2.75) is 19.3 Å². The summed E-state index contributed by atoms with van der Waals surface area (Å²) in [6.07, 6.45) is 7.02. The highest BCUT2D eigenvalue weighted by Crippen LogP contribution is 2.20. The molecule has 1 aliphatic rings. The third-order valence-electron chi connectivity index (χ3n) is 3.56. The smallest absolute Gasteiger partial charge is 0.254 e. The fraction of sp³-hybridized carbons (Fsp3) is 0.333. The third kappa shape index (κ3) is 1.96. The SMILES string of the molecule is O=C(c1cccc2ccncc12)N1CCCCC1. The molecule has 0 N–H and O–H groups in total. The van der Waals surface area contributed by atoms with Gasteiger partial charge in [-0.1, -0.05) is 12.1 Å². The van der Waals surface area contributed by atoms with Crippen LogP contribution in [0.4, 0.5) is 0 Å². The molecule has 1 aromatic heterocycles. The number of rotatable bonds is 1. The van der Waals surface area contributed by atoms with E-state index in [4.69, 9.17) is 0 Å². The summed E-state index contributed by atoms with van der Waals surface area (Å²) < 4.78 is 0. The van der Waals surface area contributed by atoms with Crippen LogP contribution in [0, 0.1) is 0 Å². The number of pyridine rings is 1. The van der Waals surface area contributed by atoms with Gasteiger partial charge >= 0.3 is 0 Å². The molecule has 0 spiro atoms. The molecular formula is C15H16N2O. The summed E-state index contributed by atoms with van der Waals surface area (Å²) >= 11 is 0. The van der Waals surface area contributed by atoms with Crippen LogP contribution in [0.3, 0.4) is 0 Å². The second-order valence-electron chi connectivity index (χ2n) is 4.76. The van der Waals surface area contributed by atoms with Gasteiger partial charge in [-0.05, 0) is 36.8 Å².